The average molecular weight is 635 g/mol. The number of aliphatic hydroxyl groups excluding tert-OH is 1. The summed E-state index contributed by atoms with van der Waals surface area (Å²) in [4.78, 5) is 26.0. The van der Waals surface area contributed by atoms with Crippen molar-refractivity contribution >= 4 is 18.0 Å². The van der Waals surface area contributed by atoms with Crippen LogP contribution in [0.3, 0.4) is 0 Å². The van der Waals surface area contributed by atoms with Gasteiger partial charge in [-0.1, -0.05) is 45.9 Å². The molecular formula is C39H54O7. The van der Waals surface area contributed by atoms with E-state index in [1.807, 2.05) is 0 Å². The van der Waals surface area contributed by atoms with Gasteiger partial charge in [-0.2, -0.15) is 0 Å². The van der Waals surface area contributed by atoms with Crippen LogP contribution in [0.15, 0.2) is 36.4 Å². The van der Waals surface area contributed by atoms with Crippen LogP contribution in [0.1, 0.15) is 104 Å². The van der Waals surface area contributed by atoms with Crippen molar-refractivity contribution in [3.63, 3.8) is 0 Å². The zero-order chi connectivity index (χ0) is 33.4. The Kier molecular flexibility index (Phi) is 8.02. The van der Waals surface area contributed by atoms with Crippen molar-refractivity contribution in [2.75, 3.05) is 6.61 Å². The van der Waals surface area contributed by atoms with Crippen LogP contribution in [0.25, 0.3) is 6.08 Å². The maximum Gasteiger partial charge on any atom is 0.331 e. The number of carbonyl (C=O) groups excluding carboxylic acids is 1. The average Bonchev–Trinajstić information content (AvgIpc) is 3.41. The summed E-state index contributed by atoms with van der Waals surface area (Å²) in [6.45, 7) is 15.9. The van der Waals surface area contributed by atoms with Gasteiger partial charge in [-0.25, -0.2) is 4.79 Å². The highest BCUT2D eigenvalue weighted by atomic mass is 16.5. The van der Waals surface area contributed by atoms with Crippen LogP contribution < -0.4 is 0 Å². The quantitative estimate of drug-likeness (QED) is 0.109. The number of aliphatic carboxylic acids is 1. The van der Waals surface area contributed by atoms with E-state index in [4.69, 9.17) is 4.74 Å². The summed E-state index contributed by atoms with van der Waals surface area (Å²) >= 11 is 0. The predicted molar refractivity (Wildman–Crippen MR) is 177 cm³/mol. The van der Waals surface area contributed by atoms with Crippen molar-refractivity contribution in [1.29, 1.82) is 0 Å². The minimum atomic E-state index is -0.632. The molecule has 5 saturated carbocycles. The fraction of sp³-hybridized carbons (Fsp3) is 0.692. The molecule has 0 radical (unpaired) electrons. The molecule has 6 rings (SSSR count). The smallest absolute Gasteiger partial charge is 0.331 e. The van der Waals surface area contributed by atoms with E-state index in [1.165, 1.54) is 18.2 Å². The minimum absolute atomic E-state index is 0.0257. The molecule has 1 aromatic carbocycles. The fourth-order valence-electron chi connectivity index (χ4n) is 12.7. The minimum Gasteiger partial charge on any atom is -0.504 e. The number of esters is 1. The number of hydrogen-bond donors (Lipinski definition) is 4. The molecule has 7 heteroatoms. The molecule has 46 heavy (non-hydrogen) atoms. The molecule has 0 aromatic heterocycles. The van der Waals surface area contributed by atoms with Crippen LogP contribution in [0.2, 0.25) is 0 Å². The lowest BCUT2D eigenvalue weighted by Crippen LogP contribution is -2.68. The van der Waals surface area contributed by atoms with E-state index in [-0.39, 0.29) is 52.1 Å². The van der Waals surface area contributed by atoms with Crippen LogP contribution in [0.4, 0.5) is 0 Å². The Bertz CT molecular complexity index is 1450. The number of benzene rings is 1. The van der Waals surface area contributed by atoms with Crippen LogP contribution >= 0.6 is 0 Å². The third kappa shape index (κ3) is 4.53. The highest BCUT2D eigenvalue weighted by Crippen LogP contribution is 2.77. The standard InChI is InChI=1S/C39H54O7/c1-23(2)25-13-18-39(34(44)45)20-19-37(5)26(33(25)39)9-11-30-35(3)16-15-31(36(4,22-40)29(35)14-17-38(30,37)6)46-32(43)12-8-24-7-10-27(41)28(42)21-24/h7-8,10,12,21,25-26,29-31,33,40-42H,1,9,11,13-20,22H2,2-6H3,(H,44,45). The number of aromatic hydroxyl groups is 2. The van der Waals surface area contributed by atoms with E-state index in [9.17, 15) is 30.0 Å². The Hall–Kier alpha value is -2.80. The van der Waals surface area contributed by atoms with E-state index in [0.717, 1.165) is 63.4 Å². The van der Waals surface area contributed by atoms with E-state index in [1.54, 1.807) is 12.1 Å². The molecule has 0 aliphatic heterocycles. The first-order chi connectivity index (χ1) is 21.6. The first-order valence-electron chi connectivity index (χ1n) is 17.5. The van der Waals surface area contributed by atoms with Gasteiger partial charge in [-0.05, 0) is 141 Å². The monoisotopic (exact) mass is 634 g/mol. The summed E-state index contributed by atoms with van der Waals surface area (Å²) in [6.07, 6.45) is 11.5. The van der Waals surface area contributed by atoms with E-state index in [2.05, 4.69) is 41.2 Å². The molecule has 4 N–H and O–H groups in total. The van der Waals surface area contributed by atoms with Crippen LogP contribution in [0, 0.1) is 56.7 Å². The van der Waals surface area contributed by atoms with E-state index >= 15 is 0 Å². The Morgan fingerprint density at radius 3 is 2.30 bits per heavy atom. The zero-order valence-corrected chi connectivity index (χ0v) is 28.3. The summed E-state index contributed by atoms with van der Waals surface area (Å²) < 4.78 is 6.09. The Balaban J connectivity index is 1.26. The van der Waals surface area contributed by atoms with Gasteiger partial charge in [0.15, 0.2) is 11.5 Å². The number of carboxylic acid groups (broad SMARTS) is 1. The van der Waals surface area contributed by atoms with Crippen molar-refractivity contribution in [2.24, 2.45) is 56.7 Å². The second-order valence-electron chi connectivity index (χ2n) is 16.9. The maximum absolute atomic E-state index is 13.0. The number of fused-ring (bicyclic) bond motifs is 7. The molecule has 0 amide bonds. The number of ether oxygens (including phenoxy) is 1. The lowest BCUT2D eigenvalue weighted by Gasteiger charge is -2.72. The number of rotatable bonds is 6. The number of carboxylic acids is 1. The number of aliphatic hydroxyl groups is 1. The van der Waals surface area contributed by atoms with E-state index in [0.29, 0.717) is 23.8 Å². The normalized spacial score (nSPS) is 44.8. The summed E-state index contributed by atoms with van der Waals surface area (Å²) in [5.74, 6) is -0.180. The van der Waals surface area contributed by atoms with Crippen molar-refractivity contribution < 1.29 is 34.8 Å². The van der Waals surface area contributed by atoms with Crippen molar-refractivity contribution in [2.45, 2.75) is 105 Å². The van der Waals surface area contributed by atoms with Gasteiger partial charge in [-0.3, -0.25) is 4.79 Å². The lowest BCUT2D eigenvalue weighted by atomic mass is 9.32. The molecule has 7 nitrogen and oxygen atoms in total. The van der Waals surface area contributed by atoms with Gasteiger partial charge in [-0.15, -0.1) is 0 Å². The van der Waals surface area contributed by atoms with E-state index < -0.39 is 28.9 Å². The second-order valence-corrected chi connectivity index (χ2v) is 16.9. The number of hydrogen-bond acceptors (Lipinski definition) is 6. The molecular weight excluding hydrogens is 580 g/mol. The SMILES string of the molecule is C=C(C)C1CCC2(C(=O)O)CCC3(C)C(CCC4C5(C)CCC(OC(=O)C=Cc6ccc(O)c(O)c6)C(C)(CO)C5CCC43C)C12. The molecule has 11 atom stereocenters. The van der Waals surface area contributed by atoms with Crippen molar-refractivity contribution in [1.82, 2.24) is 0 Å². The summed E-state index contributed by atoms with van der Waals surface area (Å²) in [5, 5.41) is 41.0. The fourth-order valence-corrected chi connectivity index (χ4v) is 12.7. The van der Waals surface area contributed by atoms with Gasteiger partial charge in [0, 0.05) is 11.5 Å². The third-order valence-electron chi connectivity index (χ3n) is 15.2. The molecule has 5 aliphatic carbocycles. The summed E-state index contributed by atoms with van der Waals surface area (Å²) in [5.41, 5.74) is 0.526. The van der Waals surface area contributed by atoms with Crippen LogP contribution in [-0.2, 0) is 14.3 Å². The highest BCUT2D eigenvalue weighted by Gasteiger charge is 2.72. The van der Waals surface area contributed by atoms with Gasteiger partial charge >= 0.3 is 11.9 Å². The molecule has 0 saturated heterocycles. The molecule has 252 valence electrons. The first-order valence-corrected chi connectivity index (χ1v) is 17.5. The Morgan fingerprint density at radius 2 is 1.65 bits per heavy atom. The number of allylic oxidation sites excluding steroid dienone is 1. The Labute approximate surface area is 274 Å². The predicted octanol–water partition coefficient (Wildman–Crippen LogP) is 7.74. The molecule has 5 fully saturated rings. The van der Waals surface area contributed by atoms with Gasteiger partial charge in [0.2, 0.25) is 0 Å². The third-order valence-corrected chi connectivity index (χ3v) is 15.2. The van der Waals surface area contributed by atoms with Gasteiger partial charge < -0.3 is 25.2 Å². The number of carbonyl (C=O) groups is 2. The molecule has 0 bridgehead atoms. The highest BCUT2D eigenvalue weighted by molar-refractivity contribution is 5.87. The van der Waals surface area contributed by atoms with Crippen LogP contribution in [0.5, 0.6) is 11.5 Å². The van der Waals surface area contributed by atoms with Gasteiger partial charge in [0.25, 0.3) is 0 Å². The topological polar surface area (TPSA) is 124 Å². The number of phenolic OH excluding ortho intramolecular Hbond substituents is 2. The lowest BCUT2D eigenvalue weighted by molar-refractivity contribution is -0.256. The first kappa shape index (κ1) is 33.1. The largest absolute Gasteiger partial charge is 0.504 e. The van der Waals surface area contributed by atoms with Crippen molar-refractivity contribution in [3.8, 4) is 11.5 Å². The molecule has 0 heterocycles. The summed E-state index contributed by atoms with van der Waals surface area (Å²) in [7, 11) is 0. The van der Waals surface area contributed by atoms with Gasteiger partial charge in [0.1, 0.15) is 6.10 Å². The molecule has 11 unspecified atom stereocenters. The van der Waals surface area contributed by atoms with Gasteiger partial charge in [0.05, 0.1) is 12.0 Å². The van der Waals surface area contributed by atoms with Crippen LogP contribution in [-0.4, -0.2) is 45.1 Å². The molecule has 5 aliphatic rings. The molecule has 1 aromatic rings. The maximum atomic E-state index is 13.0. The molecule has 0 spiro atoms. The second kappa shape index (κ2) is 11.1. The van der Waals surface area contributed by atoms with Crippen molar-refractivity contribution in [3.05, 3.63) is 42.0 Å². The Morgan fingerprint density at radius 1 is 0.913 bits per heavy atom. The summed E-state index contributed by atoms with van der Waals surface area (Å²) in [6, 6.07) is 4.37. The zero-order valence-electron chi connectivity index (χ0n) is 28.3. The number of phenols is 2.